The van der Waals surface area contributed by atoms with E-state index < -0.39 is 0 Å². The van der Waals surface area contributed by atoms with E-state index in [2.05, 4.69) is 0 Å². The molecule has 5 nitrogen and oxygen atoms in total. The molecule has 2 aromatic rings. The van der Waals surface area contributed by atoms with Gasteiger partial charge in [0.15, 0.2) is 0 Å². The van der Waals surface area contributed by atoms with Gasteiger partial charge in [-0.15, -0.1) is 0 Å². The van der Waals surface area contributed by atoms with Crippen molar-refractivity contribution in [3.05, 3.63) is 64.7 Å². The SMILES string of the molecule is COc1cccc(C2CN(C(=O)c3ccc(Cl)cc3)CC2C(=O)N2CCCCC2)c1. The lowest BCUT2D eigenvalue weighted by molar-refractivity contribution is -0.136. The van der Waals surface area contributed by atoms with Gasteiger partial charge in [-0.3, -0.25) is 9.59 Å². The molecule has 2 aliphatic rings. The molecular formula is C24H27ClN2O3. The van der Waals surface area contributed by atoms with Crippen LogP contribution in [-0.2, 0) is 4.79 Å². The third-order valence-corrected chi connectivity index (χ3v) is 6.46. The maximum Gasteiger partial charge on any atom is 0.253 e. The van der Waals surface area contributed by atoms with E-state index in [0.29, 0.717) is 23.7 Å². The second kappa shape index (κ2) is 9.09. The Labute approximate surface area is 182 Å². The summed E-state index contributed by atoms with van der Waals surface area (Å²) in [7, 11) is 1.64. The lowest BCUT2D eigenvalue weighted by Crippen LogP contribution is -2.42. The van der Waals surface area contributed by atoms with Gasteiger partial charge in [0.25, 0.3) is 5.91 Å². The van der Waals surface area contributed by atoms with Crippen LogP contribution in [0.1, 0.15) is 41.1 Å². The summed E-state index contributed by atoms with van der Waals surface area (Å²) in [5.74, 6) is 0.568. The molecule has 0 bridgehead atoms. The van der Waals surface area contributed by atoms with Crippen LogP contribution in [0.2, 0.25) is 5.02 Å². The summed E-state index contributed by atoms with van der Waals surface area (Å²) in [5, 5.41) is 0.598. The van der Waals surface area contributed by atoms with E-state index in [-0.39, 0.29) is 23.7 Å². The molecule has 2 unspecified atom stereocenters. The molecule has 2 fully saturated rings. The predicted octanol–water partition coefficient (Wildman–Crippen LogP) is 4.22. The lowest BCUT2D eigenvalue weighted by Gasteiger charge is -2.31. The second-order valence-electron chi connectivity index (χ2n) is 8.09. The van der Waals surface area contributed by atoms with Crippen molar-refractivity contribution in [3.63, 3.8) is 0 Å². The Balaban J connectivity index is 1.61. The Morgan fingerprint density at radius 2 is 1.70 bits per heavy atom. The van der Waals surface area contributed by atoms with E-state index in [4.69, 9.17) is 16.3 Å². The highest BCUT2D eigenvalue weighted by atomic mass is 35.5. The highest BCUT2D eigenvalue weighted by Crippen LogP contribution is 2.36. The number of piperidine rings is 1. The van der Waals surface area contributed by atoms with E-state index in [1.54, 1.807) is 36.3 Å². The quantitative estimate of drug-likeness (QED) is 0.735. The smallest absolute Gasteiger partial charge is 0.253 e. The number of halogens is 1. The average molecular weight is 427 g/mol. The first-order chi connectivity index (χ1) is 14.6. The summed E-state index contributed by atoms with van der Waals surface area (Å²) in [6.07, 6.45) is 3.28. The Hall–Kier alpha value is -2.53. The van der Waals surface area contributed by atoms with Gasteiger partial charge in [-0.1, -0.05) is 23.7 Å². The maximum absolute atomic E-state index is 13.4. The monoisotopic (exact) mass is 426 g/mol. The molecule has 2 heterocycles. The standard InChI is InChI=1S/C24H27ClN2O3/c1-30-20-7-5-6-18(14-20)21-15-27(23(28)17-8-10-19(25)11-9-17)16-22(21)24(29)26-12-3-2-4-13-26/h5-11,14,21-22H,2-4,12-13,15-16H2,1H3. The van der Waals surface area contributed by atoms with E-state index >= 15 is 0 Å². The largest absolute Gasteiger partial charge is 0.497 e. The van der Waals surface area contributed by atoms with Gasteiger partial charge in [0.1, 0.15) is 5.75 Å². The van der Waals surface area contributed by atoms with Crippen molar-refractivity contribution in [1.82, 2.24) is 9.80 Å². The van der Waals surface area contributed by atoms with Gasteiger partial charge in [0, 0.05) is 42.7 Å². The van der Waals surface area contributed by atoms with E-state index in [1.165, 1.54) is 6.42 Å². The first-order valence-corrected chi connectivity index (χ1v) is 10.9. The number of hydrogen-bond donors (Lipinski definition) is 0. The Morgan fingerprint density at radius 1 is 0.967 bits per heavy atom. The molecule has 0 radical (unpaired) electrons. The number of carbonyl (C=O) groups is 2. The van der Waals surface area contributed by atoms with E-state index in [9.17, 15) is 9.59 Å². The van der Waals surface area contributed by atoms with Crippen molar-refractivity contribution in [2.45, 2.75) is 25.2 Å². The minimum Gasteiger partial charge on any atom is -0.497 e. The van der Waals surface area contributed by atoms with Gasteiger partial charge in [-0.2, -0.15) is 0 Å². The van der Waals surface area contributed by atoms with Crippen LogP contribution in [0.15, 0.2) is 48.5 Å². The molecule has 6 heteroatoms. The number of carbonyl (C=O) groups excluding carboxylic acids is 2. The summed E-state index contributed by atoms with van der Waals surface area (Å²) in [4.78, 5) is 30.4. The zero-order valence-electron chi connectivity index (χ0n) is 17.2. The van der Waals surface area contributed by atoms with Crippen molar-refractivity contribution in [2.75, 3.05) is 33.3 Å². The number of amides is 2. The van der Waals surface area contributed by atoms with Gasteiger partial charge < -0.3 is 14.5 Å². The molecule has 0 aliphatic carbocycles. The first kappa shape index (κ1) is 20.7. The van der Waals surface area contributed by atoms with Crippen molar-refractivity contribution < 1.29 is 14.3 Å². The van der Waals surface area contributed by atoms with Crippen molar-refractivity contribution in [1.29, 1.82) is 0 Å². The zero-order chi connectivity index (χ0) is 21.1. The minimum atomic E-state index is -0.244. The van der Waals surface area contributed by atoms with Crippen molar-refractivity contribution in [3.8, 4) is 5.75 Å². The first-order valence-electron chi connectivity index (χ1n) is 10.5. The zero-order valence-corrected chi connectivity index (χ0v) is 18.0. The van der Waals surface area contributed by atoms with Crippen LogP contribution in [0.5, 0.6) is 5.75 Å². The van der Waals surface area contributed by atoms with Crippen LogP contribution < -0.4 is 4.74 Å². The number of methoxy groups -OCH3 is 1. The molecule has 2 aliphatic heterocycles. The Bertz CT molecular complexity index is 909. The van der Waals surface area contributed by atoms with Crippen LogP contribution in [0.25, 0.3) is 0 Å². The molecule has 2 atom stereocenters. The summed E-state index contributed by atoms with van der Waals surface area (Å²) in [5.41, 5.74) is 1.63. The normalized spacial score (nSPS) is 21.5. The molecule has 4 rings (SSSR count). The fourth-order valence-electron chi connectivity index (χ4n) is 4.55. The maximum atomic E-state index is 13.4. The van der Waals surface area contributed by atoms with Gasteiger partial charge >= 0.3 is 0 Å². The van der Waals surface area contributed by atoms with Crippen molar-refractivity contribution in [2.24, 2.45) is 5.92 Å². The summed E-state index contributed by atoms with van der Waals surface area (Å²) < 4.78 is 5.39. The Morgan fingerprint density at radius 3 is 2.40 bits per heavy atom. The summed E-state index contributed by atoms with van der Waals surface area (Å²) in [6, 6.07) is 14.8. The fraction of sp³-hybridized carbons (Fsp3) is 0.417. The molecular weight excluding hydrogens is 400 g/mol. The van der Waals surface area contributed by atoms with Gasteiger partial charge in [-0.05, 0) is 61.2 Å². The number of nitrogens with zero attached hydrogens (tertiary/aromatic N) is 2. The number of likely N-dealkylation sites (tertiary alicyclic amines) is 2. The third kappa shape index (κ3) is 4.31. The molecule has 2 amide bonds. The van der Waals surface area contributed by atoms with Gasteiger partial charge in [-0.25, -0.2) is 0 Å². The average Bonchev–Trinajstić information content (AvgIpc) is 3.25. The molecule has 2 aromatic carbocycles. The topological polar surface area (TPSA) is 49.9 Å². The minimum absolute atomic E-state index is 0.0502. The molecule has 2 saturated heterocycles. The van der Waals surface area contributed by atoms with E-state index in [0.717, 1.165) is 37.2 Å². The van der Waals surface area contributed by atoms with Crippen LogP contribution in [0, 0.1) is 5.92 Å². The second-order valence-corrected chi connectivity index (χ2v) is 8.53. The van der Waals surface area contributed by atoms with Gasteiger partial charge in [0.05, 0.1) is 13.0 Å². The molecule has 0 spiro atoms. The predicted molar refractivity (Wildman–Crippen MR) is 117 cm³/mol. The fourth-order valence-corrected chi connectivity index (χ4v) is 4.68. The number of benzene rings is 2. The highest BCUT2D eigenvalue weighted by Gasteiger charge is 2.42. The number of hydrogen-bond acceptors (Lipinski definition) is 3. The van der Waals surface area contributed by atoms with E-state index in [1.807, 2.05) is 29.2 Å². The van der Waals surface area contributed by atoms with Crippen LogP contribution in [-0.4, -0.2) is 54.9 Å². The van der Waals surface area contributed by atoms with Crippen molar-refractivity contribution >= 4 is 23.4 Å². The molecule has 158 valence electrons. The van der Waals surface area contributed by atoms with Crippen LogP contribution in [0.4, 0.5) is 0 Å². The molecule has 0 N–H and O–H groups in total. The Kier molecular flexibility index (Phi) is 6.28. The molecule has 30 heavy (non-hydrogen) atoms. The molecule has 0 aromatic heterocycles. The third-order valence-electron chi connectivity index (χ3n) is 6.21. The summed E-state index contributed by atoms with van der Waals surface area (Å²) in [6.45, 7) is 2.56. The van der Waals surface area contributed by atoms with Crippen LogP contribution >= 0.6 is 11.6 Å². The van der Waals surface area contributed by atoms with Crippen LogP contribution in [0.3, 0.4) is 0 Å². The number of rotatable bonds is 4. The van der Waals surface area contributed by atoms with Gasteiger partial charge in [0.2, 0.25) is 5.91 Å². The number of ether oxygens (including phenoxy) is 1. The highest BCUT2D eigenvalue weighted by molar-refractivity contribution is 6.30. The lowest BCUT2D eigenvalue weighted by atomic mass is 9.87. The molecule has 0 saturated carbocycles. The summed E-state index contributed by atoms with van der Waals surface area (Å²) >= 11 is 5.97.